The van der Waals surface area contributed by atoms with Crippen LogP contribution in [0, 0.1) is 0 Å². The first-order valence-electron chi connectivity index (χ1n) is 9.26. The summed E-state index contributed by atoms with van der Waals surface area (Å²) < 4.78 is 5.76. The lowest BCUT2D eigenvalue weighted by Gasteiger charge is -2.14. The highest BCUT2D eigenvalue weighted by Gasteiger charge is 2.17. The molecule has 6 nitrogen and oxygen atoms in total. The van der Waals surface area contributed by atoms with Crippen LogP contribution in [0.2, 0.25) is 5.02 Å². The van der Waals surface area contributed by atoms with Gasteiger partial charge in [-0.25, -0.2) is 4.79 Å². The van der Waals surface area contributed by atoms with E-state index >= 15 is 0 Å². The topological polar surface area (TPSA) is 107 Å². The van der Waals surface area contributed by atoms with Gasteiger partial charge in [-0.15, -0.1) is 0 Å². The molecular weight excluding hydrogens is 384 g/mol. The molecule has 0 atom stereocenters. The van der Waals surface area contributed by atoms with Crippen molar-refractivity contribution in [1.29, 1.82) is 0 Å². The molecule has 2 aromatic carbocycles. The molecule has 0 unspecified atom stereocenters. The number of aromatic hydroxyl groups is 3. The van der Waals surface area contributed by atoms with Gasteiger partial charge in [0, 0.05) is 16.7 Å². The zero-order valence-corrected chi connectivity index (χ0v) is 16.5. The number of aryl methyl sites for hydroxylation is 1. The number of phenolic OH excluding ortho intramolecular Hbond substituents is 2. The van der Waals surface area contributed by atoms with Crippen LogP contribution < -0.4 is 4.74 Å². The minimum absolute atomic E-state index is 0.125. The Morgan fingerprint density at radius 3 is 2.46 bits per heavy atom. The third kappa shape index (κ3) is 5.45. The molecule has 4 N–H and O–H groups in total. The van der Waals surface area contributed by atoms with Gasteiger partial charge in [0.1, 0.15) is 17.1 Å². The lowest BCUT2D eigenvalue weighted by molar-refractivity contribution is 0.0693. The monoisotopic (exact) mass is 408 g/mol. The number of carbonyl (C=O) groups is 1. The summed E-state index contributed by atoms with van der Waals surface area (Å²) in [7, 11) is 0. The standard InChI is InChI=1S/C21H25ClO6/c1-2-6-15-18(9-8-16(20(15)25)21(26)27)28-10-5-3-4-7-13-11-14(22)12-17(23)19(13)24/h8-9,11-12,23-25H,2-7,10H2,1H3,(H,26,27). The van der Waals surface area contributed by atoms with E-state index in [-0.39, 0.29) is 22.8 Å². The summed E-state index contributed by atoms with van der Waals surface area (Å²) >= 11 is 5.89. The second kappa shape index (κ2) is 10.1. The van der Waals surface area contributed by atoms with E-state index in [1.165, 1.54) is 12.1 Å². The van der Waals surface area contributed by atoms with Crippen LogP contribution in [0.5, 0.6) is 23.0 Å². The molecule has 0 saturated heterocycles. The van der Waals surface area contributed by atoms with Gasteiger partial charge in [-0.1, -0.05) is 24.9 Å². The molecule has 0 aliphatic heterocycles. The molecular formula is C21H25ClO6. The molecule has 28 heavy (non-hydrogen) atoms. The number of unbranched alkanes of at least 4 members (excludes halogenated alkanes) is 2. The smallest absolute Gasteiger partial charge is 0.339 e. The van der Waals surface area contributed by atoms with Crippen molar-refractivity contribution in [1.82, 2.24) is 0 Å². The van der Waals surface area contributed by atoms with Crippen molar-refractivity contribution in [3.05, 3.63) is 46.0 Å². The van der Waals surface area contributed by atoms with Crippen molar-refractivity contribution in [3.8, 4) is 23.0 Å². The first-order valence-corrected chi connectivity index (χ1v) is 9.64. The number of carboxylic acids is 1. The van der Waals surface area contributed by atoms with E-state index in [0.717, 1.165) is 25.7 Å². The molecule has 0 radical (unpaired) electrons. The molecule has 0 heterocycles. The van der Waals surface area contributed by atoms with Crippen molar-refractivity contribution in [2.45, 2.75) is 45.4 Å². The average molecular weight is 409 g/mol. The zero-order valence-electron chi connectivity index (χ0n) is 15.7. The average Bonchev–Trinajstić information content (AvgIpc) is 2.64. The summed E-state index contributed by atoms with van der Waals surface area (Å²) in [5.74, 6) is -1.26. The maximum atomic E-state index is 11.2. The first kappa shape index (κ1) is 21.7. The maximum absolute atomic E-state index is 11.2. The summed E-state index contributed by atoms with van der Waals surface area (Å²) in [6.07, 6.45) is 4.22. The molecule has 152 valence electrons. The summed E-state index contributed by atoms with van der Waals surface area (Å²) in [4.78, 5) is 11.2. The second-order valence-electron chi connectivity index (χ2n) is 6.59. The fourth-order valence-corrected chi connectivity index (χ4v) is 3.26. The Bertz CT molecular complexity index is 834. The Kier molecular flexibility index (Phi) is 7.81. The van der Waals surface area contributed by atoms with Crippen LogP contribution in [-0.4, -0.2) is 33.0 Å². The fraction of sp³-hybridized carbons (Fsp3) is 0.381. The van der Waals surface area contributed by atoms with Crippen molar-refractivity contribution in [2.24, 2.45) is 0 Å². The predicted octanol–water partition coefficient (Wildman–Crippen LogP) is 4.90. The van der Waals surface area contributed by atoms with Gasteiger partial charge in [0.05, 0.1) is 6.61 Å². The fourth-order valence-electron chi connectivity index (χ4n) is 3.02. The minimum atomic E-state index is -1.17. The first-order chi connectivity index (χ1) is 13.3. The second-order valence-corrected chi connectivity index (χ2v) is 7.02. The maximum Gasteiger partial charge on any atom is 0.339 e. The van der Waals surface area contributed by atoms with Gasteiger partial charge in [0.25, 0.3) is 0 Å². The van der Waals surface area contributed by atoms with E-state index in [9.17, 15) is 20.1 Å². The summed E-state index contributed by atoms with van der Waals surface area (Å²) in [5, 5.41) is 39.1. The highest BCUT2D eigenvalue weighted by atomic mass is 35.5. The van der Waals surface area contributed by atoms with Crippen LogP contribution in [-0.2, 0) is 12.8 Å². The Morgan fingerprint density at radius 2 is 1.79 bits per heavy atom. The normalized spacial score (nSPS) is 10.8. The van der Waals surface area contributed by atoms with E-state index in [0.29, 0.717) is 41.3 Å². The SMILES string of the molecule is CCCc1c(OCCCCCc2cc(Cl)cc(O)c2O)ccc(C(=O)O)c1O. The van der Waals surface area contributed by atoms with Crippen molar-refractivity contribution in [3.63, 3.8) is 0 Å². The molecule has 0 aliphatic carbocycles. The minimum Gasteiger partial charge on any atom is -0.507 e. The Hall–Kier alpha value is -2.60. The molecule has 0 amide bonds. The quantitative estimate of drug-likeness (QED) is 0.329. The molecule has 0 saturated carbocycles. The highest BCUT2D eigenvalue weighted by Crippen LogP contribution is 2.34. The van der Waals surface area contributed by atoms with E-state index < -0.39 is 5.97 Å². The van der Waals surface area contributed by atoms with Crippen LogP contribution in [0.3, 0.4) is 0 Å². The molecule has 2 aromatic rings. The van der Waals surface area contributed by atoms with Gasteiger partial charge in [0.15, 0.2) is 11.5 Å². The number of phenols is 3. The summed E-state index contributed by atoms with van der Waals surface area (Å²) in [6.45, 7) is 2.37. The number of hydrogen-bond acceptors (Lipinski definition) is 5. The van der Waals surface area contributed by atoms with E-state index in [4.69, 9.17) is 21.4 Å². The number of hydrogen-bond donors (Lipinski definition) is 4. The van der Waals surface area contributed by atoms with E-state index in [2.05, 4.69) is 0 Å². The third-order valence-electron chi connectivity index (χ3n) is 4.45. The molecule has 2 rings (SSSR count). The van der Waals surface area contributed by atoms with Crippen LogP contribution in [0.15, 0.2) is 24.3 Å². The number of halogens is 1. The summed E-state index contributed by atoms with van der Waals surface area (Å²) in [6, 6.07) is 5.87. The molecule has 0 bridgehead atoms. The lowest BCUT2D eigenvalue weighted by Crippen LogP contribution is -2.04. The van der Waals surface area contributed by atoms with Gasteiger partial charge < -0.3 is 25.2 Å². The summed E-state index contributed by atoms with van der Waals surface area (Å²) in [5.41, 5.74) is 0.993. The zero-order chi connectivity index (χ0) is 20.7. The van der Waals surface area contributed by atoms with Crippen LogP contribution in [0.4, 0.5) is 0 Å². The molecule has 0 aromatic heterocycles. The third-order valence-corrected chi connectivity index (χ3v) is 4.67. The largest absolute Gasteiger partial charge is 0.507 e. The number of ether oxygens (including phenoxy) is 1. The Balaban J connectivity index is 1.87. The van der Waals surface area contributed by atoms with E-state index in [1.54, 1.807) is 12.1 Å². The van der Waals surface area contributed by atoms with E-state index in [1.807, 2.05) is 6.92 Å². The Morgan fingerprint density at radius 1 is 1.04 bits per heavy atom. The highest BCUT2D eigenvalue weighted by molar-refractivity contribution is 6.30. The van der Waals surface area contributed by atoms with Crippen molar-refractivity contribution in [2.75, 3.05) is 6.61 Å². The molecule has 7 heteroatoms. The predicted molar refractivity (Wildman–Crippen MR) is 107 cm³/mol. The number of carboxylic acid groups (broad SMARTS) is 1. The Labute approximate surface area is 169 Å². The van der Waals surface area contributed by atoms with Gasteiger partial charge in [-0.2, -0.15) is 0 Å². The van der Waals surface area contributed by atoms with Crippen LogP contribution in [0.25, 0.3) is 0 Å². The molecule has 0 fully saturated rings. The number of aromatic carboxylic acids is 1. The molecule has 0 spiro atoms. The van der Waals surface area contributed by atoms with Gasteiger partial charge in [0.2, 0.25) is 0 Å². The molecule has 0 aliphatic rings. The van der Waals surface area contributed by atoms with Gasteiger partial charge in [-0.3, -0.25) is 0 Å². The van der Waals surface area contributed by atoms with Gasteiger partial charge in [-0.05, 0) is 55.9 Å². The van der Waals surface area contributed by atoms with Gasteiger partial charge >= 0.3 is 5.97 Å². The lowest BCUT2D eigenvalue weighted by atomic mass is 10.0. The number of benzene rings is 2. The van der Waals surface area contributed by atoms with Crippen molar-refractivity contribution >= 4 is 17.6 Å². The van der Waals surface area contributed by atoms with Crippen LogP contribution in [0.1, 0.15) is 54.1 Å². The van der Waals surface area contributed by atoms with Crippen LogP contribution >= 0.6 is 11.6 Å². The van der Waals surface area contributed by atoms with Crippen molar-refractivity contribution < 1.29 is 30.0 Å². The number of rotatable bonds is 10.